The Labute approximate surface area is 320 Å². The van der Waals surface area contributed by atoms with E-state index in [1.165, 1.54) is 0 Å². The van der Waals surface area contributed by atoms with Crippen LogP contribution in [0.25, 0.3) is 89.8 Å². The van der Waals surface area contributed by atoms with Crippen molar-refractivity contribution >= 4 is 0 Å². The summed E-state index contributed by atoms with van der Waals surface area (Å²) in [5.41, 5.74) is 13.3. The molecule has 1 N–H and O–H groups in total. The van der Waals surface area contributed by atoms with E-state index < -0.39 is 0 Å². The monoisotopic (exact) mass is 705 g/mol. The minimum Gasteiger partial charge on any atom is -0.507 e. The SMILES string of the molecule is Oc1ccc(-c2ccc(-c3ccc(-c4nc(-c5ccccc5)nc(-c5cccc(-c6ccccc6)c5)n4)cc3)cc2)cc1-c1ccccc1-c1ccccc1. The quantitative estimate of drug-likeness (QED) is 0.171. The number of hydrogen-bond donors (Lipinski definition) is 1. The van der Waals surface area contributed by atoms with Gasteiger partial charge < -0.3 is 5.11 Å². The van der Waals surface area contributed by atoms with E-state index >= 15 is 0 Å². The molecule has 9 rings (SSSR count). The van der Waals surface area contributed by atoms with E-state index in [0.717, 1.165) is 72.3 Å². The summed E-state index contributed by atoms with van der Waals surface area (Å²) < 4.78 is 0. The Hall–Kier alpha value is -7.43. The van der Waals surface area contributed by atoms with Crippen LogP contribution in [-0.2, 0) is 0 Å². The predicted molar refractivity (Wildman–Crippen MR) is 225 cm³/mol. The van der Waals surface area contributed by atoms with E-state index in [2.05, 4.69) is 115 Å². The molecule has 0 aliphatic rings. The van der Waals surface area contributed by atoms with E-state index in [0.29, 0.717) is 17.5 Å². The van der Waals surface area contributed by atoms with Gasteiger partial charge in [0.25, 0.3) is 0 Å². The highest BCUT2D eigenvalue weighted by atomic mass is 16.3. The van der Waals surface area contributed by atoms with E-state index in [-0.39, 0.29) is 5.75 Å². The molecule has 260 valence electrons. The van der Waals surface area contributed by atoms with Crippen LogP contribution in [0.5, 0.6) is 5.75 Å². The lowest BCUT2D eigenvalue weighted by Crippen LogP contribution is -2.00. The molecule has 8 aromatic carbocycles. The minimum absolute atomic E-state index is 0.255. The standard InChI is InChI=1S/C51H35N3O/c55-48-32-31-43(34-47(48)46-22-11-10-21-45(46)39-15-6-2-7-16-39)38-25-23-36(24-26-38)37-27-29-41(30-28-37)50-52-49(40-17-8-3-9-18-40)53-51(54-50)44-20-12-19-42(33-44)35-13-4-1-5-14-35/h1-34,55H. The topological polar surface area (TPSA) is 58.9 Å². The zero-order valence-electron chi connectivity index (χ0n) is 29.9. The molecule has 1 aromatic heterocycles. The maximum atomic E-state index is 11.0. The van der Waals surface area contributed by atoms with Gasteiger partial charge in [-0.15, -0.1) is 0 Å². The summed E-state index contributed by atoms with van der Waals surface area (Å²) in [7, 11) is 0. The third-order valence-electron chi connectivity index (χ3n) is 9.89. The first-order valence-electron chi connectivity index (χ1n) is 18.3. The number of phenolic OH excluding ortho intramolecular Hbond substituents is 1. The van der Waals surface area contributed by atoms with Gasteiger partial charge in [0.1, 0.15) is 5.75 Å². The Morgan fingerprint density at radius 3 is 1.20 bits per heavy atom. The molecule has 9 aromatic rings. The summed E-state index contributed by atoms with van der Waals surface area (Å²) >= 11 is 0. The molecular weight excluding hydrogens is 671 g/mol. The first-order chi connectivity index (χ1) is 27.2. The van der Waals surface area contributed by atoms with E-state index in [1.807, 2.05) is 84.9 Å². The fourth-order valence-corrected chi connectivity index (χ4v) is 7.00. The Kier molecular flexibility index (Phi) is 9.05. The number of rotatable bonds is 8. The van der Waals surface area contributed by atoms with Gasteiger partial charge in [-0.1, -0.05) is 188 Å². The van der Waals surface area contributed by atoms with Crippen LogP contribution in [0.4, 0.5) is 0 Å². The maximum absolute atomic E-state index is 11.0. The Morgan fingerprint density at radius 2 is 0.600 bits per heavy atom. The minimum atomic E-state index is 0.255. The van der Waals surface area contributed by atoms with Gasteiger partial charge in [0, 0.05) is 22.3 Å². The number of aromatic hydroxyl groups is 1. The molecule has 0 aliphatic heterocycles. The summed E-state index contributed by atoms with van der Waals surface area (Å²) in [4.78, 5) is 14.9. The molecular formula is C51H35N3O. The zero-order chi connectivity index (χ0) is 37.0. The molecule has 55 heavy (non-hydrogen) atoms. The molecule has 0 saturated heterocycles. The van der Waals surface area contributed by atoms with E-state index in [9.17, 15) is 5.11 Å². The summed E-state index contributed by atoms with van der Waals surface area (Å²) in [5.74, 6) is 2.13. The number of hydrogen-bond acceptors (Lipinski definition) is 4. The van der Waals surface area contributed by atoms with Gasteiger partial charge in [-0.05, 0) is 68.3 Å². The van der Waals surface area contributed by atoms with Crippen molar-refractivity contribution in [1.82, 2.24) is 15.0 Å². The van der Waals surface area contributed by atoms with Crippen LogP contribution in [0.3, 0.4) is 0 Å². The molecule has 0 bridgehead atoms. The van der Waals surface area contributed by atoms with Crippen LogP contribution < -0.4 is 0 Å². The smallest absolute Gasteiger partial charge is 0.164 e. The highest BCUT2D eigenvalue weighted by molar-refractivity contribution is 5.88. The first kappa shape index (κ1) is 33.4. The largest absolute Gasteiger partial charge is 0.507 e. The van der Waals surface area contributed by atoms with Crippen LogP contribution >= 0.6 is 0 Å². The van der Waals surface area contributed by atoms with E-state index in [4.69, 9.17) is 15.0 Å². The average Bonchev–Trinajstić information content (AvgIpc) is 3.27. The molecule has 0 aliphatic carbocycles. The normalized spacial score (nSPS) is 11.0. The summed E-state index contributed by atoms with van der Waals surface area (Å²) in [6.45, 7) is 0. The van der Waals surface area contributed by atoms with Crippen molar-refractivity contribution in [2.24, 2.45) is 0 Å². The fraction of sp³-hybridized carbons (Fsp3) is 0. The third-order valence-corrected chi connectivity index (χ3v) is 9.89. The zero-order valence-corrected chi connectivity index (χ0v) is 29.9. The average molecular weight is 706 g/mol. The molecule has 0 unspecified atom stereocenters. The fourth-order valence-electron chi connectivity index (χ4n) is 7.00. The van der Waals surface area contributed by atoms with Crippen LogP contribution in [-0.4, -0.2) is 20.1 Å². The lowest BCUT2D eigenvalue weighted by molar-refractivity contribution is 0.477. The molecule has 0 radical (unpaired) electrons. The second-order valence-electron chi connectivity index (χ2n) is 13.4. The second-order valence-corrected chi connectivity index (χ2v) is 13.4. The maximum Gasteiger partial charge on any atom is 0.164 e. The first-order valence-corrected chi connectivity index (χ1v) is 18.3. The van der Waals surface area contributed by atoms with Crippen molar-refractivity contribution in [1.29, 1.82) is 0 Å². The van der Waals surface area contributed by atoms with Gasteiger partial charge in [0.2, 0.25) is 0 Å². The molecule has 0 saturated carbocycles. The lowest BCUT2D eigenvalue weighted by atomic mass is 9.91. The van der Waals surface area contributed by atoms with Crippen molar-refractivity contribution in [2.45, 2.75) is 0 Å². The lowest BCUT2D eigenvalue weighted by Gasteiger charge is -2.13. The highest BCUT2D eigenvalue weighted by Gasteiger charge is 2.15. The summed E-state index contributed by atoms with van der Waals surface area (Å²) in [6, 6.07) is 70.0. The second kappa shape index (κ2) is 14.9. The molecule has 0 spiro atoms. The van der Waals surface area contributed by atoms with Gasteiger partial charge in [0.05, 0.1) is 0 Å². The summed E-state index contributed by atoms with van der Waals surface area (Å²) in [5, 5.41) is 11.0. The number of benzene rings is 8. The van der Waals surface area contributed by atoms with Crippen molar-refractivity contribution in [3.8, 4) is 95.5 Å². The number of aromatic nitrogens is 3. The molecule has 0 amide bonds. The van der Waals surface area contributed by atoms with Crippen LogP contribution in [0.1, 0.15) is 0 Å². The summed E-state index contributed by atoms with van der Waals surface area (Å²) in [6.07, 6.45) is 0. The van der Waals surface area contributed by atoms with Crippen molar-refractivity contribution < 1.29 is 5.11 Å². The third kappa shape index (κ3) is 7.05. The van der Waals surface area contributed by atoms with Gasteiger partial charge in [-0.25, -0.2) is 15.0 Å². The van der Waals surface area contributed by atoms with Gasteiger partial charge in [-0.3, -0.25) is 0 Å². The molecule has 1 heterocycles. The van der Waals surface area contributed by atoms with Gasteiger partial charge in [-0.2, -0.15) is 0 Å². The van der Waals surface area contributed by atoms with Crippen LogP contribution in [0, 0.1) is 0 Å². The van der Waals surface area contributed by atoms with Gasteiger partial charge >= 0.3 is 0 Å². The molecule has 4 heteroatoms. The van der Waals surface area contributed by atoms with Crippen molar-refractivity contribution in [3.63, 3.8) is 0 Å². The molecule has 0 atom stereocenters. The van der Waals surface area contributed by atoms with Crippen LogP contribution in [0.15, 0.2) is 206 Å². The predicted octanol–water partition coefficient (Wildman–Crippen LogP) is 12.9. The van der Waals surface area contributed by atoms with Gasteiger partial charge in [0.15, 0.2) is 17.5 Å². The Morgan fingerprint density at radius 1 is 0.236 bits per heavy atom. The van der Waals surface area contributed by atoms with Crippen molar-refractivity contribution in [3.05, 3.63) is 206 Å². The molecule has 0 fully saturated rings. The van der Waals surface area contributed by atoms with Crippen molar-refractivity contribution in [2.75, 3.05) is 0 Å². The highest BCUT2D eigenvalue weighted by Crippen LogP contribution is 2.39. The van der Waals surface area contributed by atoms with E-state index in [1.54, 1.807) is 6.07 Å². The van der Waals surface area contributed by atoms with Crippen LogP contribution in [0.2, 0.25) is 0 Å². The molecule has 4 nitrogen and oxygen atoms in total. The number of nitrogens with zero attached hydrogens (tertiary/aromatic N) is 3. The Bertz CT molecular complexity index is 2730. The Balaban J connectivity index is 1.01. The number of phenols is 1.